The molecule has 0 aromatic rings. The van der Waals surface area contributed by atoms with Gasteiger partial charge in [0, 0.05) is 57.4 Å². The molecular weight excluding hydrogens is 302 g/mol. The van der Waals surface area contributed by atoms with Crippen molar-refractivity contribution in [3.8, 4) is 0 Å². The molecule has 140 valence electrons. The molecule has 0 aliphatic carbocycles. The van der Waals surface area contributed by atoms with Crippen LogP contribution in [0.15, 0.2) is 0 Å². The molecule has 0 aromatic heterocycles. The van der Waals surface area contributed by atoms with Gasteiger partial charge in [-0.15, -0.1) is 0 Å². The molecule has 24 heavy (non-hydrogen) atoms. The Hall–Kier alpha value is -0.200. The maximum Gasteiger partial charge on any atom is 0.0872 e. The van der Waals surface area contributed by atoms with Crippen LogP contribution < -0.4 is 0 Å². The molecular formula is C19H37N3O2. The van der Waals surface area contributed by atoms with Gasteiger partial charge in [0.1, 0.15) is 0 Å². The molecule has 1 N–H and O–H groups in total. The summed E-state index contributed by atoms with van der Waals surface area (Å²) in [4.78, 5) is 7.44. The minimum Gasteiger partial charge on any atom is -0.388 e. The lowest BCUT2D eigenvalue weighted by Gasteiger charge is -2.49. The van der Waals surface area contributed by atoms with E-state index in [1.807, 2.05) is 6.92 Å². The second-order valence-electron chi connectivity index (χ2n) is 9.16. The van der Waals surface area contributed by atoms with Crippen LogP contribution >= 0.6 is 0 Å². The van der Waals surface area contributed by atoms with Gasteiger partial charge in [0.25, 0.3) is 0 Å². The van der Waals surface area contributed by atoms with Gasteiger partial charge in [-0.05, 0) is 47.0 Å². The predicted molar refractivity (Wildman–Crippen MR) is 97.2 cm³/mol. The van der Waals surface area contributed by atoms with Gasteiger partial charge in [0.15, 0.2) is 0 Å². The van der Waals surface area contributed by atoms with Gasteiger partial charge in [-0.25, -0.2) is 0 Å². The summed E-state index contributed by atoms with van der Waals surface area (Å²) in [5.41, 5.74) is -0.483. The fourth-order valence-corrected chi connectivity index (χ4v) is 4.27. The summed E-state index contributed by atoms with van der Waals surface area (Å²) in [6.45, 7) is 18.2. The van der Waals surface area contributed by atoms with Gasteiger partial charge in [0.2, 0.25) is 0 Å². The van der Waals surface area contributed by atoms with E-state index in [1.165, 1.54) is 19.5 Å². The third-order valence-corrected chi connectivity index (χ3v) is 6.17. The molecule has 0 amide bonds. The molecule has 0 spiro atoms. The molecule has 0 radical (unpaired) electrons. The Morgan fingerprint density at radius 3 is 2.12 bits per heavy atom. The first-order chi connectivity index (χ1) is 11.2. The summed E-state index contributed by atoms with van der Waals surface area (Å²) < 4.78 is 6.07. The van der Waals surface area contributed by atoms with E-state index < -0.39 is 5.60 Å². The smallest absolute Gasteiger partial charge is 0.0872 e. The SMILES string of the molecule is CC(C)N1CC(CC(C)N2CC(OCC(C)N3CC(C)(O)C3)C2)C1. The number of hydrogen-bond donors (Lipinski definition) is 1. The van der Waals surface area contributed by atoms with Crippen LogP contribution in [0.3, 0.4) is 0 Å². The zero-order chi connectivity index (χ0) is 17.5. The van der Waals surface area contributed by atoms with Crippen molar-refractivity contribution in [1.82, 2.24) is 14.7 Å². The van der Waals surface area contributed by atoms with Crippen molar-refractivity contribution in [2.45, 2.75) is 70.9 Å². The molecule has 0 bridgehead atoms. The molecule has 3 aliphatic heterocycles. The highest BCUT2D eigenvalue weighted by molar-refractivity contribution is 4.94. The molecule has 5 nitrogen and oxygen atoms in total. The first-order valence-electron chi connectivity index (χ1n) is 9.79. The van der Waals surface area contributed by atoms with Crippen molar-refractivity contribution < 1.29 is 9.84 Å². The second-order valence-corrected chi connectivity index (χ2v) is 9.16. The van der Waals surface area contributed by atoms with Crippen molar-refractivity contribution in [2.75, 3.05) is 45.9 Å². The molecule has 3 fully saturated rings. The maximum atomic E-state index is 9.81. The van der Waals surface area contributed by atoms with E-state index in [0.717, 1.165) is 38.7 Å². The molecule has 0 aromatic carbocycles. The third kappa shape index (κ3) is 4.31. The quantitative estimate of drug-likeness (QED) is 0.721. The summed E-state index contributed by atoms with van der Waals surface area (Å²) in [5, 5.41) is 9.81. The van der Waals surface area contributed by atoms with Crippen LogP contribution in [0.25, 0.3) is 0 Å². The van der Waals surface area contributed by atoms with Gasteiger partial charge in [-0.2, -0.15) is 0 Å². The van der Waals surface area contributed by atoms with Crippen molar-refractivity contribution in [3.05, 3.63) is 0 Å². The van der Waals surface area contributed by atoms with Crippen LogP contribution in [0.1, 0.15) is 41.0 Å². The van der Waals surface area contributed by atoms with E-state index >= 15 is 0 Å². The first-order valence-corrected chi connectivity index (χ1v) is 9.79. The molecule has 2 unspecified atom stereocenters. The first kappa shape index (κ1) is 18.6. The Morgan fingerprint density at radius 1 is 0.958 bits per heavy atom. The highest BCUT2D eigenvalue weighted by atomic mass is 16.5. The zero-order valence-corrected chi connectivity index (χ0v) is 16.2. The van der Waals surface area contributed by atoms with Crippen molar-refractivity contribution in [1.29, 1.82) is 0 Å². The predicted octanol–water partition coefficient (Wildman–Crippen LogP) is 1.26. The van der Waals surface area contributed by atoms with E-state index in [1.54, 1.807) is 0 Å². The minimum atomic E-state index is -0.483. The Labute approximate surface area is 147 Å². The largest absolute Gasteiger partial charge is 0.388 e. The minimum absolute atomic E-state index is 0.408. The number of nitrogens with zero attached hydrogens (tertiary/aromatic N) is 3. The van der Waals surface area contributed by atoms with Crippen molar-refractivity contribution in [2.24, 2.45) is 5.92 Å². The molecule has 3 rings (SSSR count). The van der Waals surface area contributed by atoms with E-state index in [0.29, 0.717) is 24.2 Å². The van der Waals surface area contributed by atoms with Crippen molar-refractivity contribution >= 4 is 0 Å². The Balaban J connectivity index is 1.25. The standard InChI is InChI=1S/C19H37N3O2/c1-14(2)20-7-17(8-20)6-15(3)21-9-18(10-21)24-11-16(4)22-12-19(5,23)13-22/h14-18,23H,6-13H2,1-5H3. The molecule has 3 saturated heterocycles. The highest BCUT2D eigenvalue weighted by Crippen LogP contribution is 2.27. The second kappa shape index (κ2) is 7.20. The number of hydrogen-bond acceptors (Lipinski definition) is 5. The number of ether oxygens (including phenoxy) is 1. The van der Waals surface area contributed by atoms with E-state index in [-0.39, 0.29) is 0 Å². The molecule has 3 heterocycles. The average Bonchev–Trinajstić information content (AvgIpc) is 2.36. The Morgan fingerprint density at radius 2 is 1.58 bits per heavy atom. The highest BCUT2D eigenvalue weighted by Gasteiger charge is 2.40. The summed E-state index contributed by atoms with van der Waals surface area (Å²) in [7, 11) is 0. The van der Waals surface area contributed by atoms with Gasteiger partial charge < -0.3 is 14.7 Å². The van der Waals surface area contributed by atoms with Crippen LogP contribution in [0.4, 0.5) is 0 Å². The van der Waals surface area contributed by atoms with E-state index in [4.69, 9.17) is 4.74 Å². The number of likely N-dealkylation sites (tertiary alicyclic amines) is 3. The van der Waals surface area contributed by atoms with Crippen LogP contribution in [-0.4, -0.2) is 95.5 Å². The molecule has 5 heteroatoms. The molecule has 2 atom stereocenters. The average molecular weight is 340 g/mol. The molecule has 0 saturated carbocycles. The van der Waals surface area contributed by atoms with Gasteiger partial charge in [-0.3, -0.25) is 9.80 Å². The summed E-state index contributed by atoms with van der Waals surface area (Å²) in [5.74, 6) is 0.890. The lowest BCUT2D eigenvalue weighted by molar-refractivity contribution is -0.130. The topological polar surface area (TPSA) is 39.2 Å². The monoisotopic (exact) mass is 339 g/mol. The summed E-state index contributed by atoms with van der Waals surface area (Å²) in [6.07, 6.45) is 1.74. The lowest BCUT2D eigenvalue weighted by atomic mass is 9.90. The zero-order valence-electron chi connectivity index (χ0n) is 16.2. The van der Waals surface area contributed by atoms with E-state index in [9.17, 15) is 5.11 Å². The van der Waals surface area contributed by atoms with E-state index in [2.05, 4.69) is 42.4 Å². The summed E-state index contributed by atoms with van der Waals surface area (Å²) in [6, 6.07) is 1.80. The van der Waals surface area contributed by atoms with Crippen LogP contribution in [-0.2, 0) is 4.74 Å². The Bertz CT molecular complexity index is 409. The molecule has 3 aliphatic rings. The lowest BCUT2D eigenvalue weighted by Crippen LogP contribution is -2.64. The fraction of sp³-hybridized carbons (Fsp3) is 1.00. The number of rotatable bonds is 8. The maximum absolute atomic E-state index is 9.81. The normalized spacial score (nSPS) is 29.1. The number of aliphatic hydroxyl groups is 1. The van der Waals surface area contributed by atoms with Crippen LogP contribution in [0, 0.1) is 5.92 Å². The Kier molecular flexibility index (Phi) is 5.57. The van der Waals surface area contributed by atoms with Gasteiger partial charge in [0.05, 0.1) is 18.3 Å². The van der Waals surface area contributed by atoms with Crippen LogP contribution in [0.2, 0.25) is 0 Å². The fourth-order valence-electron chi connectivity index (χ4n) is 4.27. The van der Waals surface area contributed by atoms with Gasteiger partial charge in [-0.1, -0.05) is 0 Å². The van der Waals surface area contributed by atoms with Gasteiger partial charge >= 0.3 is 0 Å². The third-order valence-electron chi connectivity index (χ3n) is 6.17. The van der Waals surface area contributed by atoms with Crippen LogP contribution in [0.5, 0.6) is 0 Å². The summed E-state index contributed by atoms with van der Waals surface area (Å²) >= 11 is 0. The number of β-amino-alcohol motifs (C(OH)–C–C–N with tert-alkyl or cyclic N) is 1. The van der Waals surface area contributed by atoms with Crippen molar-refractivity contribution in [3.63, 3.8) is 0 Å².